The van der Waals surface area contributed by atoms with Gasteiger partial charge in [-0.15, -0.1) is 0 Å². The average Bonchev–Trinajstić information content (AvgIpc) is 2.08. The zero-order chi connectivity index (χ0) is 11.4. The van der Waals surface area contributed by atoms with Crippen molar-refractivity contribution in [3.05, 3.63) is 24.0 Å². The third-order valence-electron chi connectivity index (χ3n) is 1.92. The number of anilines is 2. The minimum Gasteiger partial charge on any atom is -0.397 e. The molecule has 1 aromatic carbocycles. The van der Waals surface area contributed by atoms with E-state index in [1.165, 1.54) is 18.2 Å². The van der Waals surface area contributed by atoms with Crippen LogP contribution in [0, 0.1) is 5.82 Å². The molecule has 1 atom stereocenters. The van der Waals surface area contributed by atoms with E-state index in [2.05, 4.69) is 5.32 Å². The van der Waals surface area contributed by atoms with Crippen molar-refractivity contribution in [2.75, 3.05) is 11.1 Å². The Morgan fingerprint density at radius 2 is 2.27 bits per heavy atom. The van der Waals surface area contributed by atoms with E-state index in [4.69, 9.17) is 11.5 Å². The van der Waals surface area contributed by atoms with E-state index in [0.717, 1.165) is 0 Å². The number of benzene rings is 1. The van der Waals surface area contributed by atoms with Crippen LogP contribution in [0.5, 0.6) is 0 Å². The van der Waals surface area contributed by atoms with Crippen LogP contribution in [0.4, 0.5) is 15.8 Å². The highest BCUT2D eigenvalue weighted by Gasteiger charge is 2.07. The molecule has 5 heteroatoms. The number of rotatable bonds is 4. The molecule has 0 saturated carbocycles. The largest absolute Gasteiger partial charge is 0.397 e. The number of nitrogens with one attached hydrogen (secondary N) is 1. The van der Waals surface area contributed by atoms with E-state index in [9.17, 15) is 9.18 Å². The standard InChI is InChI=1S/C10H14FN3O/c1-6(4-10(13)15)14-9-3-2-7(11)5-8(9)12/h2-3,5-6,14H,4,12H2,1H3,(H2,13,15). The van der Waals surface area contributed by atoms with Crippen LogP contribution >= 0.6 is 0 Å². The van der Waals surface area contributed by atoms with Gasteiger partial charge in [0.15, 0.2) is 0 Å². The van der Waals surface area contributed by atoms with Crippen molar-refractivity contribution in [1.29, 1.82) is 0 Å². The summed E-state index contributed by atoms with van der Waals surface area (Å²) in [6.45, 7) is 1.80. The molecule has 0 bridgehead atoms. The smallest absolute Gasteiger partial charge is 0.219 e. The topological polar surface area (TPSA) is 81.1 Å². The lowest BCUT2D eigenvalue weighted by atomic mass is 10.2. The van der Waals surface area contributed by atoms with Crippen molar-refractivity contribution in [3.63, 3.8) is 0 Å². The molecule has 15 heavy (non-hydrogen) atoms. The van der Waals surface area contributed by atoms with Crippen LogP contribution in [0.1, 0.15) is 13.3 Å². The molecule has 82 valence electrons. The average molecular weight is 211 g/mol. The Hall–Kier alpha value is -1.78. The van der Waals surface area contributed by atoms with Gasteiger partial charge in [0.2, 0.25) is 5.91 Å². The third kappa shape index (κ3) is 3.46. The minimum atomic E-state index is -0.393. The van der Waals surface area contributed by atoms with Crippen molar-refractivity contribution < 1.29 is 9.18 Å². The number of nitrogen functional groups attached to an aromatic ring is 1. The molecule has 1 amide bonds. The van der Waals surface area contributed by atoms with E-state index >= 15 is 0 Å². The van der Waals surface area contributed by atoms with Gasteiger partial charge in [0.05, 0.1) is 11.4 Å². The second kappa shape index (κ2) is 4.63. The van der Waals surface area contributed by atoms with Crippen LogP contribution in [0.15, 0.2) is 18.2 Å². The second-order valence-electron chi connectivity index (χ2n) is 3.45. The summed E-state index contributed by atoms with van der Waals surface area (Å²) in [4.78, 5) is 10.6. The molecule has 0 aliphatic carbocycles. The van der Waals surface area contributed by atoms with E-state index in [0.29, 0.717) is 11.4 Å². The van der Waals surface area contributed by atoms with E-state index in [1.54, 1.807) is 6.92 Å². The normalized spacial score (nSPS) is 12.1. The predicted molar refractivity (Wildman–Crippen MR) is 57.7 cm³/mol. The lowest BCUT2D eigenvalue weighted by Gasteiger charge is -2.15. The molecule has 0 aliphatic rings. The molecule has 0 radical (unpaired) electrons. The zero-order valence-corrected chi connectivity index (χ0v) is 8.46. The van der Waals surface area contributed by atoms with Crippen LogP contribution in [0.3, 0.4) is 0 Å². The second-order valence-corrected chi connectivity index (χ2v) is 3.45. The Morgan fingerprint density at radius 1 is 1.60 bits per heavy atom. The lowest BCUT2D eigenvalue weighted by Crippen LogP contribution is -2.24. The summed E-state index contributed by atoms with van der Waals surface area (Å²) < 4.78 is 12.7. The fraction of sp³-hybridized carbons (Fsp3) is 0.300. The molecular weight excluding hydrogens is 197 g/mol. The number of amides is 1. The van der Waals surface area contributed by atoms with Crippen molar-refractivity contribution in [3.8, 4) is 0 Å². The molecule has 4 nitrogen and oxygen atoms in total. The molecule has 0 aromatic heterocycles. The quantitative estimate of drug-likeness (QED) is 0.652. The summed E-state index contributed by atoms with van der Waals surface area (Å²) >= 11 is 0. The maximum absolute atomic E-state index is 12.7. The van der Waals surface area contributed by atoms with Gasteiger partial charge in [0.25, 0.3) is 0 Å². The van der Waals surface area contributed by atoms with Gasteiger partial charge in [0, 0.05) is 12.5 Å². The van der Waals surface area contributed by atoms with Gasteiger partial charge in [-0.3, -0.25) is 4.79 Å². The predicted octanol–water partition coefficient (Wildman–Crippen LogP) is 1.08. The maximum Gasteiger partial charge on any atom is 0.219 e. The van der Waals surface area contributed by atoms with Crippen LogP contribution in [0.2, 0.25) is 0 Å². The van der Waals surface area contributed by atoms with E-state index < -0.39 is 5.91 Å². The Kier molecular flexibility index (Phi) is 3.49. The van der Waals surface area contributed by atoms with Gasteiger partial charge < -0.3 is 16.8 Å². The Bertz CT molecular complexity index is 368. The number of halogens is 1. The number of primary amides is 1. The first kappa shape index (κ1) is 11.3. The third-order valence-corrected chi connectivity index (χ3v) is 1.92. The minimum absolute atomic E-state index is 0.129. The first-order valence-electron chi connectivity index (χ1n) is 4.59. The van der Waals surface area contributed by atoms with Gasteiger partial charge in [-0.1, -0.05) is 0 Å². The summed E-state index contributed by atoms with van der Waals surface area (Å²) in [5.74, 6) is -0.781. The fourth-order valence-electron chi connectivity index (χ4n) is 1.28. The maximum atomic E-state index is 12.7. The summed E-state index contributed by atoms with van der Waals surface area (Å²) in [7, 11) is 0. The summed E-state index contributed by atoms with van der Waals surface area (Å²) in [5, 5.41) is 2.98. The first-order valence-corrected chi connectivity index (χ1v) is 4.59. The molecule has 1 unspecified atom stereocenters. The first-order chi connectivity index (χ1) is 6.99. The summed E-state index contributed by atoms with van der Waals surface area (Å²) in [6, 6.07) is 3.92. The highest BCUT2D eigenvalue weighted by Crippen LogP contribution is 2.20. The number of carbonyl (C=O) groups excluding carboxylic acids is 1. The number of carbonyl (C=O) groups is 1. The van der Waals surface area contributed by atoms with Crippen LogP contribution in [-0.2, 0) is 4.79 Å². The Morgan fingerprint density at radius 3 is 2.80 bits per heavy atom. The van der Waals surface area contributed by atoms with Gasteiger partial charge in [-0.25, -0.2) is 4.39 Å². The van der Waals surface area contributed by atoms with Crippen molar-refractivity contribution in [2.24, 2.45) is 5.73 Å². The molecular formula is C10H14FN3O. The van der Waals surface area contributed by atoms with E-state index in [1.807, 2.05) is 0 Å². The number of nitrogens with two attached hydrogens (primary N) is 2. The summed E-state index contributed by atoms with van der Waals surface area (Å²) in [6.07, 6.45) is 0.205. The van der Waals surface area contributed by atoms with Crippen molar-refractivity contribution in [1.82, 2.24) is 0 Å². The molecule has 1 aromatic rings. The molecule has 0 heterocycles. The zero-order valence-electron chi connectivity index (χ0n) is 8.46. The Labute approximate surface area is 87.4 Å². The van der Waals surface area contributed by atoms with Crippen molar-refractivity contribution >= 4 is 17.3 Å². The molecule has 5 N–H and O–H groups in total. The molecule has 0 aliphatic heterocycles. The fourth-order valence-corrected chi connectivity index (χ4v) is 1.28. The van der Waals surface area contributed by atoms with Crippen LogP contribution in [-0.4, -0.2) is 11.9 Å². The van der Waals surface area contributed by atoms with Crippen LogP contribution < -0.4 is 16.8 Å². The number of hydrogen-bond donors (Lipinski definition) is 3. The monoisotopic (exact) mass is 211 g/mol. The number of hydrogen-bond acceptors (Lipinski definition) is 3. The van der Waals surface area contributed by atoms with Gasteiger partial charge >= 0.3 is 0 Å². The van der Waals surface area contributed by atoms with Crippen molar-refractivity contribution in [2.45, 2.75) is 19.4 Å². The molecule has 1 rings (SSSR count). The molecule has 0 fully saturated rings. The van der Waals surface area contributed by atoms with Gasteiger partial charge in [-0.05, 0) is 25.1 Å². The molecule has 0 saturated heterocycles. The van der Waals surface area contributed by atoms with E-state index in [-0.39, 0.29) is 18.3 Å². The Balaban J connectivity index is 2.68. The van der Waals surface area contributed by atoms with Gasteiger partial charge in [0.1, 0.15) is 5.82 Å². The van der Waals surface area contributed by atoms with Crippen LogP contribution in [0.25, 0.3) is 0 Å². The highest BCUT2D eigenvalue weighted by atomic mass is 19.1. The van der Waals surface area contributed by atoms with Gasteiger partial charge in [-0.2, -0.15) is 0 Å². The summed E-state index contributed by atoms with van der Waals surface area (Å²) in [5.41, 5.74) is 11.5. The SMILES string of the molecule is CC(CC(N)=O)Nc1ccc(F)cc1N. The lowest BCUT2D eigenvalue weighted by molar-refractivity contribution is -0.118. The highest BCUT2D eigenvalue weighted by molar-refractivity contribution is 5.75. The molecule has 0 spiro atoms.